The van der Waals surface area contributed by atoms with E-state index in [4.69, 9.17) is 5.11 Å². The zero-order chi connectivity index (χ0) is 14.8. The Kier molecular flexibility index (Phi) is 3.54. The molecule has 0 amide bonds. The fraction of sp³-hybridized carbons (Fsp3) is 0.0588. The molecule has 0 spiro atoms. The van der Waals surface area contributed by atoms with E-state index < -0.39 is 5.97 Å². The second kappa shape index (κ2) is 5.50. The third-order valence-electron chi connectivity index (χ3n) is 3.33. The van der Waals surface area contributed by atoms with Crippen LogP contribution >= 0.6 is 11.3 Å². The summed E-state index contributed by atoms with van der Waals surface area (Å²) in [4.78, 5) is 16.3. The highest BCUT2D eigenvalue weighted by molar-refractivity contribution is 7.20. The van der Waals surface area contributed by atoms with Crippen molar-refractivity contribution in [3.8, 4) is 0 Å². The lowest BCUT2D eigenvalue weighted by Crippen LogP contribution is -1.94. The van der Waals surface area contributed by atoms with Gasteiger partial charge in [-0.25, -0.2) is 4.79 Å². The molecule has 1 aromatic carbocycles. The van der Waals surface area contributed by atoms with Crippen LogP contribution in [0.5, 0.6) is 0 Å². The van der Waals surface area contributed by atoms with Crippen LogP contribution < -0.4 is 0 Å². The van der Waals surface area contributed by atoms with Gasteiger partial charge in [0.05, 0.1) is 5.56 Å². The molecule has 0 unspecified atom stereocenters. The molecule has 4 heteroatoms. The van der Waals surface area contributed by atoms with Crippen molar-refractivity contribution in [1.29, 1.82) is 0 Å². The molecule has 0 aliphatic heterocycles. The van der Waals surface area contributed by atoms with E-state index in [0.717, 1.165) is 26.1 Å². The van der Waals surface area contributed by atoms with Gasteiger partial charge in [-0.15, -0.1) is 11.3 Å². The van der Waals surface area contributed by atoms with E-state index in [2.05, 4.69) is 11.1 Å². The molecule has 2 aromatic heterocycles. The molecule has 3 aromatic rings. The van der Waals surface area contributed by atoms with Crippen LogP contribution in [0.15, 0.2) is 42.7 Å². The molecule has 0 atom stereocenters. The molecule has 0 saturated carbocycles. The van der Waals surface area contributed by atoms with Crippen molar-refractivity contribution in [2.45, 2.75) is 6.92 Å². The molecule has 0 radical (unpaired) electrons. The summed E-state index contributed by atoms with van der Waals surface area (Å²) < 4.78 is 1.10. The molecule has 0 aliphatic rings. The van der Waals surface area contributed by atoms with Crippen LogP contribution in [-0.2, 0) is 0 Å². The number of rotatable bonds is 3. The Bertz CT molecular complexity index is 835. The molecule has 104 valence electrons. The Balaban J connectivity index is 2.02. The summed E-state index contributed by atoms with van der Waals surface area (Å²) in [7, 11) is 0. The number of carbonyl (C=O) groups is 1. The number of aromatic nitrogens is 1. The van der Waals surface area contributed by atoms with Gasteiger partial charge in [-0.2, -0.15) is 0 Å². The van der Waals surface area contributed by atoms with Crippen molar-refractivity contribution < 1.29 is 9.90 Å². The van der Waals surface area contributed by atoms with Gasteiger partial charge in [0.15, 0.2) is 0 Å². The lowest BCUT2D eigenvalue weighted by molar-refractivity contribution is 0.0697. The van der Waals surface area contributed by atoms with Gasteiger partial charge in [0, 0.05) is 22.0 Å². The van der Waals surface area contributed by atoms with Gasteiger partial charge in [0.25, 0.3) is 0 Å². The molecule has 0 bridgehead atoms. The summed E-state index contributed by atoms with van der Waals surface area (Å²) in [5, 5.41) is 10.1. The summed E-state index contributed by atoms with van der Waals surface area (Å²) in [6.45, 7) is 2.02. The van der Waals surface area contributed by atoms with Crippen molar-refractivity contribution >= 4 is 39.5 Å². The predicted molar refractivity (Wildman–Crippen MR) is 86.7 cm³/mol. The van der Waals surface area contributed by atoms with E-state index in [9.17, 15) is 4.79 Å². The van der Waals surface area contributed by atoms with Crippen LogP contribution in [0.25, 0.3) is 22.2 Å². The van der Waals surface area contributed by atoms with Gasteiger partial charge in [-0.3, -0.25) is 4.98 Å². The predicted octanol–water partition coefficient (Wildman–Crippen LogP) is 4.47. The molecule has 21 heavy (non-hydrogen) atoms. The largest absolute Gasteiger partial charge is 0.478 e. The smallest absolute Gasteiger partial charge is 0.335 e. The molecule has 1 N–H and O–H groups in total. The molecule has 2 heterocycles. The van der Waals surface area contributed by atoms with E-state index in [-0.39, 0.29) is 0 Å². The van der Waals surface area contributed by atoms with Crippen molar-refractivity contribution in [2.24, 2.45) is 0 Å². The second-order valence-corrected chi connectivity index (χ2v) is 5.81. The molecule has 3 rings (SSSR count). The van der Waals surface area contributed by atoms with E-state index in [1.807, 2.05) is 37.4 Å². The lowest BCUT2D eigenvalue weighted by atomic mass is 10.1. The van der Waals surface area contributed by atoms with Gasteiger partial charge in [-0.1, -0.05) is 12.1 Å². The number of carboxylic acids is 1. The number of hydrogen-bond acceptors (Lipinski definition) is 3. The van der Waals surface area contributed by atoms with Crippen molar-refractivity contribution in [3.05, 3.63) is 64.3 Å². The van der Waals surface area contributed by atoms with Gasteiger partial charge in [-0.05, 0) is 53.8 Å². The number of aryl methyl sites for hydroxylation is 1. The highest BCUT2D eigenvalue weighted by atomic mass is 32.1. The van der Waals surface area contributed by atoms with Crippen molar-refractivity contribution in [1.82, 2.24) is 4.98 Å². The quantitative estimate of drug-likeness (QED) is 0.775. The van der Waals surface area contributed by atoms with Gasteiger partial charge >= 0.3 is 5.97 Å². The van der Waals surface area contributed by atoms with Crippen molar-refractivity contribution in [2.75, 3.05) is 0 Å². The zero-order valence-electron chi connectivity index (χ0n) is 11.4. The summed E-state index contributed by atoms with van der Waals surface area (Å²) in [6.07, 6.45) is 7.62. The topological polar surface area (TPSA) is 50.2 Å². The highest BCUT2D eigenvalue weighted by Gasteiger charge is 2.09. The Labute approximate surface area is 126 Å². The van der Waals surface area contributed by atoms with E-state index in [0.29, 0.717) is 5.56 Å². The summed E-state index contributed by atoms with van der Waals surface area (Å²) in [5.74, 6) is -0.894. The minimum Gasteiger partial charge on any atom is -0.478 e. The van der Waals surface area contributed by atoms with Crippen LogP contribution in [0.1, 0.15) is 26.4 Å². The zero-order valence-corrected chi connectivity index (χ0v) is 12.2. The Morgan fingerprint density at radius 2 is 2.14 bits per heavy atom. The average molecular weight is 295 g/mol. The number of fused-ring (bicyclic) bond motifs is 1. The fourth-order valence-corrected chi connectivity index (χ4v) is 3.27. The number of benzene rings is 1. The second-order valence-electron chi connectivity index (χ2n) is 4.73. The first-order valence-corrected chi connectivity index (χ1v) is 7.31. The van der Waals surface area contributed by atoms with E-state index in [1.165, 1.54) is 0 Å². The van der Waals surface area contributed by atoms with Crippen LogP contribution in [0, 0.1) is 6.92 Å². The molecule has 0 fully saturated rings. The first-order chi connectivity index (χ1) is 10.1. The van der Waals surface area contributed by atoms with E-state index in [1.54, 1.807) is 29.7 Å². The summed E-state index contributed by atoms with van der Waals surface area (Å²) in [6, 6.07) is 9.16. The maximum atomic E-state index is 11.1. The third kappa shape index (κ3) is 2.71. The normalized spacial score (nSPS) is 11.3. The Morgan fingerprint density at radius 3 is 2.86 bits per heavy atom. The van der Waals surface area contributed by atoms with Crippen molar-refractivity contribution in [3.63, 3.8) is 0 Å². The number of aromatic carboxylic acids is 1. The number of pyridine rings is 1. The molecular formula is C17H13NO2S. The van der Waals surface area contributed by atoms with Crippen LogP contribution in [-0.4, -0.2) is 16.1 Å². The maximum Gasteiger partial charge on any atom is 0.335 e. The average Bonchev–Trinajstić information content (AvgIpc) is 2.82. The maximum absolute atomic E-state index is 11.1. The van der Waals surface area contributed by atoms with Crippen LogP contribution in [0.3, 0.4) is 0 Å². The minimum absolute atomic E-state index is 0.325. The number of nitrogens with zero attached hydrogens (tertiary/aromatic N) is 1. The monoisotopic (exact) mass is 295 g/mol. The summed E-state index contributed by atoms with van der Waals surface area (Å²) >= 11 is 1.66. The van der Waals surface area contributed by atoms with Gasteiger partial charge < -0.3 is 5.11 Å². The molecule has 0 saturated heterocycles. The van der Waals surface area contributed by atoms with E-state index >= 15 is 0 Å². The standard InChI is InChI=1S/C17H13NO2S/c1-11-14-9-13(17(19)20)5-7-16(14)21-15(11)6-4-12-3-2-8-18-10-12/h2-10H,1H3,(H,19,20)/b6-4+. The lowest BCUT2D eigenvalue weighted by Gasteiger charge is -1.96. The third-order valence-corrected chi connectivity index (χ3v) is 4.57. The minimum atomic E-state index is -0.894. The van der Waals surface area contributed by atoms with Gasteiger partial charge in [0.1, 0.15) is 0 Å². The van der Waals surface area contributed by atoms with Crippen LogP contribution in [0.4, 0.5) is 0 Å². The van der Waals surface area contributed by atoms with Gasteiger partial charge in [0.2, 0.25) is 0 Å². The SMILES string of the molecule is Cc1c(/C=C/c2cccnc2)sc2ccc(C(=O)O)cc12. The number of hydrogen-bond donors (Lipinski definition) is 1. The summed E-state index contributed by atoms with van der Waals surface area (Å²) in [5.41, 5.74) is 2.48. The Morgan fingerprint density at radius 1 is 1.29 bits per heavy atom. The Hall–Kier alpha value is -2.46. The molecule has 0 aliphatic carbocycles. The highest BCUT2D eigenvalue weighted by Crippen LogP contribution is 2.32. The fourth-order valence-electron chi connectivity index (χ4n) is 2.18. The number of carboxylic acid groups (broad SMARTS) is 1. The molecule has 3 nitrogen and oxygen atoms in total. The van der Waals surface area contributed by atoms with Crippen LogP contribution in [0.2, 0.25) is 0 Å². The first kappa shape index (κ1) is 13.5. The first-order valence-electron chi connectivity index (χ1n) is 6.50. The number of thiophene rings is 1. The molecular weight excluding hydrogens is 282 g/mol.